The molecular formula is C10H11NaO4S. The third-order valence-corrected chi connectivity index (χ3v) is 2.59. The van der Waals surface area contributed by atoms with Crippen molar-refractivity contribution in [2.75, 3.05) is 13.7 Å². The first kappa shape index (κ1) is 15.8. The number of benzene rings is 1. The predicted molar refractivity (Wildman–Crippen MR) is 55.3 cm³/mol. The molecule has 0 spiro atoms. The summed E-state index contributed by atoms with van der Waals surface area (Å²) >= 11 is 0. The molecule has 0 N–H and O–H groups in total. The smallest absolute Gasteiger partial charge is 0.744 e. The number of hydrogen-bond donors (Lipinski definition) is 0. The van der Waals surface area contributed by atoms with E-state index in [0.717, 1.165) is 5.56 Å². The molecule has 0 atom stereocenters. The van der Waals surface area contributed by atoms with E-state index in [0.29, 0.717) is 6.61 Å². The maximum atomic E-state index is 10.6. The molecule has 0 bridgehead atoms. The van der Waals surface area contributed by atoms with Crippen LogP contribution in [-0.2, 0) is 14.9 Å². The minimum absolute atomic E-state index is 0. The molecule has 4 nitrogen and oxygen atoms in total. The van der Waals surface area contributed by atoms with Crippen LogP contribution in [0.5, 0.6) is 0 Å². The standard InChI is InChI=1S/C10H12O4S.Na/c1-14-8-2-3-9-4-6-10(7-5-9)15(11,12)13;/h2-7H,8H2,1H3,(H,11,12,13);/q;+1/p-1. The monoisotopic (exact) mass is 250 g/mol. The van der Waals surface area contributed by atoms with Crippen molar-refractivity contribution >= 4 is 16.2 Å². The van der Waals surface area contributed by atoms with E-state index in [2.05, 4.69) is 0 Å². The van der Waals surface area contributed by atoms with Crippen LogP contribution >= 0.6 is 0 Å². The summed E-state index contributed by atoms with van der Waals surface area (Å²) in [7, 11) is -2.76. The van der Waals surface area contributed by atoms with E-state index in [9.17, 15) is 13.0 Å². The molecule has 0 aliphatic carbocycles. The number of hydrogen-bond acceptors (Lipinski definition) is 4. The van der Waals surface area contributed by atoms with Crippen LogP contribution in [0.2, 0.25) is 0 Å². The van der Waals surface area contributed by atoms with Gasteiger partial charge in [-0.2, -0.15) is 0 Å². The topological polar surface area (TPSA) is 66.4 Å². The average Bonchev–Trinajstić information content (AvgIpc) is 2.18. The fourth-order valence-electron chi connectivity index (χ4n) is 1.03. The molecule has 0 heterocycles. The van der Waals surface area contributed by atoms with Crippen molar-refractivity contribution < 1.29 is 47.3 Å². The summed E-state index contributed by atoms with van der Waals surface area (Å²) in [4.78, 5) is -0.216. The van der Waals surface area contributed by atoms with Gasteiger partial charge in [-0.05, 0) is 17.7 Å². The Morgan fingerprint density at radius 2 is 1.88 bits per heavy atom. The van der Waals surface area contributed by atoms with Crippen LogP contribution in [-0.4, -0.2) is 26.7 Å². The molecule has 0 aliphatic rings. The maximum absolute atomic E-state index is 10.6. The Labute approximate surface area is 117 Å². The summed E-state index contributed by atoms with van der Waals surface area (Å²) in [6.07, 6.45) is 3.57. The Bertz CT molecular complexity index is 436. The van der Waals surface area contributed by atoms with Crippen molar-refractivity contribution in [3.05, 3.63) is 35.9 Å². The zero-order chi connectivity index (χ0) is 11.3. The first-order valence-electron chi connectivity index (χ1n) is 4.25. The summed E-state index contributed by atoms with van der Waals surface area (Å²) in [5.74, 6) is 0. The Hall–Kier alpha value is -0.170. The summed E-state index contributed by atoms with van der Waals surface area (Å²) < 4.78 is 36.6. The third kappa shape index (κ3) is 5.25. The first-order valence-corrected chi connectivity index (χ1v) is 5.66. The summed E-state index contributed by atoms with van der Waals surface area (Å²) in [5.41, 5.74) is 0.819. The predicted octanol–water partition coefficient (Wildman–Crippen LogP) is -1.75. The molecule has 0 radical (unpaired) electrons. The first-order chi connectivity index (χ1) is 7.04. The number of methoxy groups -OCH3 is 1. The summed E-state index contributed by atoms with van der Waals surface area (Å²) in [5, 5.41) is 0. The van der Waals surface area contributed by atoms with Gasteiger partial charge in [0.05, 0.1) is 11.5 Å². The summed E-state index contributed by atoms with van der Waals surface area (Å²) in [6, 6.07) is 5.71. The number of rotatable bonds is 4. The van der Waals surface area contributed by atoms with E-state index in [4.69, 9.17) is 4.74 Å². The molecule has 16 heavy (non-hydrogen) atoms. The fourth-order valence-corrected chi connectivity index (χ4v) is 1.50. The van der Waals surface area contributed by atoms with Crippen molar-refractivity contribution in [1.29, 1.82) is 0 Å². The summed E-state index contributed by atoms with van der Waals surface area (Å²) in [6.45, 7) is 0.488. The maximum Gasteiger partial charge on any atom is 1.00 e. The molecule has 0 unspecified atom stereocenters. The van der Waals surface area contributed by atoms with Crippen molar-refractivity contribution in [3.8, 4) is 0 Å². The van der Waals surface area contributed by atoms with E-state index in [1.807, 2.05) is 0 Å². The zero-order valence-corrected chi connectivity index (χ0v) is 12.0. The van der Waals surface area contributed by atoms with Gasteiger partial charge in [-0.3, -0.25) is 0 Å². The van der Waals surface area contributed by atoms with E-state index >= 15 is 0 Å². The van der Waals surface area contributed by atoms with Gasteiger partial charge in [-0.1, -0.05) is 24.3 Å². The second kappa shape index (κ2) is 7.21. The van der Waals surface area contributed by atoms with Crippen LogP contribution in [0.1, 0.15) is 5.56 Å². The van der Waals surface area contributed by atoms with Crippen molar-refractivity contribution in [2.24, 2.45) is 0 Å². The molecule has 6 heteroatoms. The van der Waals surface area contributed by atoms with Crippen LogP contribution in [0.3, 0.4) is 0 Å². The molecule has 1 aromatic rings. The molecule has 82 valence electrons. The van der Waals surface area contributed by atoms with Gasteiger partial charge < -0.3 is 9.29 Å². The number of ether oxygens (including phenoxy) is 1. The van der Waals surface area contributed by atoms with E-state index < -0.39 is 10.1 Å². The van der Waals surface area contributed by atoms with Gasteiger partial charge in [0.2, 0.25) is 0 Å². The van der Waals surface area contributed by atoms with Crippen molar-refractivity contribution in [1.82, 2.24) is 0 Å². The van der Waals surface area contributed by atoms with Gasteiger partial charge in [0.1, 0.15) is 10.1 Å². The van der Waals surface area contributed by atoms with E-state index in [-0.39, 0.29) is 34.5 Å². The average molecular weight is 250 g/mol. The van der Waals surface area contributed by atoms with Gasteiger partial charge in [-0.25, -0.2) is 8.42 Å². The normalized spacial score (nSPS) is 11.4. The van der Waals surface area contributed by atoms with Crippen molar-refractivity contribution in [2.45, 2.75) is 4.90 Å². The van der Waals surface area contributed by atoms with Crippen LogP contribution in [0.15, 0.2) is 35.2 Å². The zero-order valence-electron chi connectivity index (χ0n) is 9.21. The minimum atomic E-state index is -4.34. The quantitative estimate of drug-likeness (QED) is 0.470. The van der Waals surface area contributed by atoms with Crippen LogP contribution in [0, 0.1) is 0 Å². The third-order valence-electron chi connectivity index (χ3n) is 1.74. The molecule has 0 aromatic heterocycles. The van der Waals surface area contributed by atoms with Gasteiger partial charge in [-0.15, -0.1) is 0 Å². The Kier molecular flexibility index (Phi) is 7.14. The van der Waals surface area contributed by atoms with Crippen LogP contribution < -0.4 is 29.6 Å². The van der Waals surface area contributed by atoms with Gasteiger partial charge >= 0.3 is 29.6 Å². The van der Waals surface area contributed by atoms with E-state index in [1.54, 1.807) is 31.4 Å². The Balaban J connectivity index is 0.00000225. The van der Waals surface area contributed by atoms with Gasteiger partial charge in [0, 0.05) is 7.11 Å². The van der Waals surface area contributed by atoms with Crippen molar-refractivity contribution in [3.63, 3.8) is 0 Å². The molecule has 0 aliphatic heterocycles. The molecule has 0 amide bonds. The fraction of sp³-hybridized carbons (Fsp3) is 0.200. The van der Waals surface area contributed by atoms with Crippen LogP contribution in [0.4, 0.5) is 0 Å². The van der Waals surface area contributed by atoms with Gasteiger partial charge in [0.15, 0.2) is 0 Å². The molecule has 1 aromatic carbocycles. The second-order valence-corrected chi connectivity index (χ2v) is 4.26. The minimum Gasteiger partial charge on any atom is -0.744 e. The second-order valence-electron chi connectivity index (χ2n) is 2.88. The molecule has 0 saturated heterocycles. The Morgan fingerprint density at radius 3 is 2.31 bits per heavy atom. The SMILES string of the molecule is COCC=Cc1ccc(S(=O)(=O)[O-])cc1.[Na+]. The van der Waals surface area contributed by atoms with E-state index in [1.165, 1.54) is 12.1 Å². The largest absolute Gasteiger partial charge is 1.00 e. The molecule has 1 rings (SSSR count). The molecular weight excluding hydrogens is 239 g/mol. The Morgan fingerprint density at radius 1 is 1.31 bits per heavy atom. The molecule has 0 saturated carbocycles. The van der Waals surface area contributed by atoms with Gasteiger partial charge in [0.25, 0.3) is 0 Å². The molecule has 0 fully saturated rings. The van der Waals surface area contributed by atoms with Crippen LogP contribution in [0.25, 0.3) is 6.08 Å².